The lowest BCUT2D eigenvalue weighted by Gasteiger charge is -2.10. The number of nitrogens with one attached hydrogen (secondary N) is 1. The van der Waals surface area contributed by atoms with Crippen LogP contribution in [0.3, 0.4) is 0 Å². The third kappa shape index (κ3) is 3.51. The van der Waals surface area contributed by atoms with Crippen LogP contribution in [-0.2, 0) is 11.3 Å². The van der Waals surface area contributed by atoms with Crippen molar-refractivity contribution in [3.8, 4) is 0 Å². The number of hydrogen-bond donors (Lipinski definition) is 1. The minimum atomic E-state index is 0.436. The third-order valence-corrected chi connectivity index (χ3v) is 3.63. The first-order valence-corrected chi connectivity index (χ1v) is 7.06. The van der Waals surface area contributed by atoms with Crippen LogP contribution in [0.25, 0.3) is 0 Å². The molecule has 0 amide bonds. The Bertz CT molecular complexity index is 306. The first kappa shape index (κ1) is 12.0. The Labute approximate surface area is 102 Å². The lowest BCUT2D eigenvalue weighted by molar-refractivity contribution is 0.110. The molecule has 0 unspecified atom stereocenters. The van der Waals surface area contributed by atoms with E-state index in [-0.39, 0.29) is 0 Å². The molecule has 1 aromatic rings. The molecule has 0 spiro atoms. The van der Waals surface area contributed by atoms with E-state index >= 15 is 0 Å². The second kappa shape index (κ2) is 6.28. The maximum Gasteiger partial charge on any atom is 0.0700 e. The van der Waals surface area contributed by atoms with Crippen molar-refractivity contribution in [2.75, 3.05) is 19.4 Å². The van der Waals surface area contributed by atoms with E-state index in [1.807, 2.05) is 0 Å². The summed E-state index contributed by atoms with van der Waals surface area (Å²) in [5.41, 5.74) is 1.34. The maximum absolute atomic E-state index is 5.56. The van der Waals surface area contributed by atoms with Gasteiger partial charge in [-0.1, -0.05) is 12.1 Å². The molecule has 1 aliphatic heterocycles. The van der Waals surface area contributed by atoms with Crippen LogP contribution in [0.5, 0.6) is 0 Å². The molecule has 0 aromatic heterocycles. The molecule has 1 atom stereocenters. The zero-order chi connectivity index (χ0) is 11.2. The Morgan fingerprint density at radius 3 is 2.81 bits per heavy atom. The van der Waals surface area contributed by atoms with Gasteiger partial charge < -0.3 is 10.1 Å². The van der Waals surface area contributed by atoms with Gasteiger partial charge in [0.1, 0.15) is 0 Å². The van der Waals surface area contributed by atoms with Crippen molar-refractivity contribution in [2.45, 2.75) is 30.4 Å². The Hall–Kier alpha value is -0.510. The summed E-state index contributed by atoms with van der Waals surface area (Å²) in [6.45, 7) is 2.85. The molecule has 0 bridgehead atoms. The first-order chi connectivity index (χ1) is 7.88. The highest BCUT2D eigenvalue weighted by Gasteiger charge is 2.14. The molecule has 0 radical (unpaired) electrons. The predicted molar refractivity (Wildman–Crippen MR) is 68.9 cm³/mol. The molecule has 16 heavy (non-hydrogen) atoms. The summed E-state index contributed by atoms with van der Waals surface area (Å²) in [5, 5.41) is 3.45. The zero-order valence-electron chi connectivity index (χ0n) is 9.74. The summed E-state index contributed by atoms with van der Waals surface area (Å²) >= 11 is 1.78. The Morgan fingerprint density at radius 2 is 2.19 bits per heavy atom. The van der Waals surface area contributed by atoms with Crippen molar-refractivity contribution in [3.05, 3.63) is 29.8 Å². The van der Waals surface area contributed by atoms with Gasteiger partial charge in [-0.3, -0.25) is 0 Å². The van der Waals surface area contributed by atoms with Crippen LogP contribution < -0.4 is 5.32 Å². The summed E-state index contributed by atoms with van der Waals surface area (Å²) < 4.78 is 5.56. The predicted octanol–water partition coefficient (Wildman–Crippen LogP) is 2.68. The second-order valence-electron chi connectivity index (χ2n) is 4.11. The summed E-state index contributed by atoms with van der Waals surface area (Å²) in [6.07, 6.45) is 4.96. The molecule has 0 aliphatic carbocycles. The summed E-state index contributed by atoms with van der Waals surface area (Å²) in [7, 11) is 0. The van der Waals surface area contributed by atoms with Crippen molar-refractivity contribution in [1.29, 1.82) is 0 Å². The fourth-order valence-corrected chi connectivity index (χ4v) is 2.33. The van der Waals surface area contributed by atoms with Gasteiger partial charge in [-0.2, -0.15) is 0 Å². The summed E-state index contributed by atoms with van der Waals surface area (Å²) in [4.78, 5) is 1.32. The highest BCUT2D eigenvalue weighted by molar-refractivity contribution is 7.98. The molecule has 2 rings (SSSR count). The zero-order valence-corrected chi connectivity index (χ0v) is 10.6. The van der Waals surface area contributed by atoms with Crippen LogP contribution in [0.2, 0.25) is 0 Å². The standard InChI is InChI=1S/C13H19NOS/c1-16-13-6-4-11(5-7-13)9-14-10-12-3-2-8-15-12/h4-7,12,14H,2-3,8-10H2,1H3/t12-/m0/s1. The van der Waals surface area contributed by atoms with Crippen molar-refractivity contribution in [1.82, 2.24) is 5.32 Å². The molecule has 1 saturated heterocycles. The first-order valence-electron chi connectivity index (χ1n) is 5.84. The molecule has 1 aromatic carbocycles. The van der Waals surface area contributed by atoms with Crippen LogP contribution in [-0.4, -0.2) is 25.5 Å². The van der Waals surface area contributed by atoms with E-state index in [4.69, 9.17) is 4.74 Å². The average Bonchev–Trinajstić information content (AvgIpc) is 2.83. The maximum atomic E-state index is 5.56. The molecular formula is C13H19NOS. The van der Waals surface area contributed by atoms with Crippen LogP contribution in [0.1, 0.15) is 18.4 Å². The van der Waals surface area contributed by atoms with E-state index < -0.39 is 0 Å². The van der Waals surface area contributed by atoms with E-state index in [2.05, 4.69) is 35.8 Å². The number of ether oxygens (including phenoxy) is 1. The van der Waals surface area contributed by atoms with Crippen molar-refractivity contribution >= 4 is 11.8 Å². The van der Waals surface area contributed by atoms with E-state index in [0.717, 1.165) is 19.7 Å². The lowest BCUT2D eigenvalue weighted by Crippen LogP contribution is -2.25. The molecule has 1 N–H and O–H groups in total. The largest absolute Gasteiger partial charge is 0.377 e. The van der Waals surface area contributed by atoms with E-state index in [1.54, 1.807) is 11.8 Å². The quantitative estimate of drug-likeness (QED) is 0.796. The van der Waals surface area contributed by atoms with Crippen molar-refractivity contribution < 1.29 is 4.74 Å². The summed E-state index contributed by atoms with van der Waals surface area (Å²) in [6, 6.07) is 8.73. The van der Waals surface area contributed by atoms with Gasteiger partial charge in [0.15, 0.2) is 0 Å². The smallest absolute Gasteiger partial charge is 0.0700 e. The lowest BCUT2D eigenvalue weighted by atomic mass is 10.2. The SMILES string of the molecule is CSc1ccc(CNC[C@@H]2CCCO2)cc1. The molecule has 88 valence electrons. The topological polar surface area (TPSA) is 21.3 Å². The van der Waals surface area contributed by atoms with Crippen molar-refractivity contribution in [2.24, 2.45) is 0 Å². The molecule has 3 heteroatoms. The van der Waals surface area contributed by atoms with Gasteiger partial charge >= 0.3 is 0 Å². The molecular weight excluding hydrogens is 218 g/mol. The second-order valence-corrected chi connectivity index (χ2v) is 4.99. The normalized spacial score (nSPS) is 20.2. The Kier molecular flexibility index (Phi) is 4.69. The molecule has 1 heterocycles. The Balaban J connectivity index is 1.71. The van der Waals surface area contributed by atoms with Gasteiger partial charge in [0.2, 0.25) is 0 Å². The number of hydrogen-bond acceptors (Lipinski definition) is 3. The fraction of sp³-hybridized carbons (Fsp3) is 0.538. The van der Waals surface area contributed by atoms with Gasteiger partial charge in [-0.15, -0.1) is 11.8 Å². The molecule has 1 aliphatic rings. The highest BCUT2D eigenvalue weighted by atomic mass is 32.2. The molecule has 0 saturated carbocycles. The van der Waals surface area contributed by atoms with Gasteiger partial charge in [-0.25, -0.2) is 0 Å². The van der Waals surface area contributed by atoms with Gasteiger partial charge in [-0.05, 0) is 36.8 Å². The molecule has 2 nitrogen and oxygen atoms in total. The third-order valence-electron chi connectivity index (χ3n) is 2.88. The monoisotopic (exact) mass is 237 g/mol. The van der Waals surface area contributed by atoms with Gasteiger partial charge in [0.25, 0.3) is 0 Å². The Morgan fingerprint density at radius 1 is 1.38 bits per heavy atom. The minimum absolute atomic E-state index is 0.436. The van der Waals surface area contributed by atoms with E-state index in [1.165, 1.54) is 23.3 Å². The summed E-state index contributed by atoms with van der Waals surface area (Å²) in [5.74, 6) is 0. The van der Waals surface area contributed by atoms with Crippen LogP contribution in [0.4, 0.5) is 0 Å². The van der Waals surface area contributed by atoms with Crippen LogP contribution in [0.15, 0.2) is 29.2 Å². The molecule has 1 fully saturated rings. The number of benzene rings is 1. The number of thioether (sulfide) groups is 1. The van der Waals surface area contributed by atoms with Gasteiger partial charge in [0, 0.05) is 24.6 Å². The minimum Gasteiger partial charge on any atom is -0.377 e. The van der Waals surface area contributed by atoms with E-state index in [9.17, 15) is 0 Å². The van der Waals surface area contributed by atoms with Crippen LogP contribution >= 0.6 is 11.8 Å². The van der Waals surface area contributed by atoms with Crippen LogP contribution in [0, 0.1) is 0 Å². The fourth-order valence-electron chi connectivity index (χ4n) is 1.93. The van der Waals surface area contributed by atoms with Gasteiger partial charge in [0.05, 0.1) is 6.10 Å². The highest BCUT2D eigenvalue weighted by Crippen LogP contribution is 2.15. The average molecular weight is 237 g/mol. The number of rotatable bonds is 5. The van der Waals surface area contributed by atoms with Crippen molar-refractivity contribution in [3.63, 3.8) is 0 Å². The van der Waals surface area contributed by atoms with E-state index in [0.29, 0.717) is 6.10 Å².